The van der Waals surface area contributed by atoms with E-state index in [4.69, 9.17) is 0 Å². The third-order valence-corrected chi connectivity index (χ3v) is 3.61. The summed E-state index contributed by atoms with van der Waals surface area (Å²) in [5, 5.41) is 13.6. The van der Waals surface area contributed by atoms with Crippen molar-refractivity contribution in [2.24, 2.45) is 0 Å². The number of aliphatic carboxylic acids is 1. The number of unbranched alkanes of at least 4 members (excludes halogenated alkanes) is 6. The minimum Gasteiger partial charge on any atom is -0.548 e. The zero-order valence-electron chi connectivity index (χ0n) is 14.3. The Kier molecular flexibility index (Phi) is 13.1. The molecule has 1 aromatic heterocycles. The van der Waals surface area contributed by atoms with E-state index in [9.17, 15) is 14.7 Å². The molecule has 2 N–H and O–H groups in total. The second-order valence-electron chi connectivity index (χ2n) is 5.59. The number of nitrogens with one attached hydrogen (secondary N) is 2. The number of hydrogen-bond donors (Lipinski definition) is 2. The van der Waals surface area contributed by atoms with Crippen molar-refractivity contribution in [2.75, 3.05) is 0 Å². The van der Waals surface area contributed by atoms with Crippen LogP contribution in [-0.4, -0.2) is 27.9 Å². The molecule has 0 saturated carbocycles. The van der Waals surface area contributed by atoms with Crippen molar-refractivity contribution in [1.29, 1.82) is 0 Å². The Balaban J connectivity index is 0.00000484. The largest absolute Gasteiger partial charge is 1.00 e. The van der Waals surface area contributed by atoms with Gasteiger partial charge in [-0.15, -0.1) is 0 Å². The van der Waals surface area contributed by atoms with Gasteiger partial charge >= 0.3 is 29.6 Å². The molecular formula is C16H26N3NaO3. The Bertz CT molecular complexity index is 438. The van der Waals surface area contributed by atoms with Gasteiger partial charge in [0.1, 0.15) is 0 Å². The average Bonchev–Trinajstić information content (AvgIpc) is 2.98. The number of nitrogens with zero attached hydrogens (tertiary/aromatic N) is 1. The van der Waals surface area contributed by atoms with Crippen molar-refractivity contribution in [2.45, 2.75) is 70.8 Å². The molecule has 0 saturated heterocycles. The second-order valence-corrected chi connectivity index (χ2v) is 5.59. The van der Waals surface area contributed by atoms with Gasteiger partial charge in [0.15, 0.2) is 0 Å². The fourth-order valence-corrected chi connectivity index (χ4v) is 2.32. The molecule has 0 aromatic carbocycles. The van der Waals surface area contributed by atoms with Gasteiger partial charge < -0.3 is 20.2 Å². The first-order chi connectivity index (χ1) is 10.6. The van der Waals surface area contributed by atoms with Gasteiger partial charge in [-0.25, -0.2) is 4.98 Å². The van der Waals surface area contributed by atoms with E-state index >= 15 is 0 Å². The summed E-state index contributed by atoms with van der Waals surface area (Å²) in [4.78, 5) is 29.5. The fourth-order valence-electron chi connectivity index (χ4n) is 2.32. The molecular weight excluding hydrogens is 305 g/mol. The molecule has 0 bridgehead atoms. The molecule has 23 heavy (non-hydrogen) atoms. The molecule has 1 rings (SSSR count). The molecule has 0 unspecified atom stereocenters. The molecule has 124 valence electrons. The van der Waals surface area contributed by atoms with Crippen molar-refractivity contribution in [1.82, 2.24) is 15.3 Å². The third kappa shape index (κ3) is 10.5. The number of carboxylic acids is 1. The quantitative estimate of drug-likeness (QED) is 0.353. The van der Waals surface area contributed by atoms with E-state index in [0.717, 1.165) is 19.3 Å². The summed E-state index contributed by atoms with van der Waals surface area (Å²) in [7, 11) is 0. The number of aromatic nitrogens is 2. The van der Waals surface area contributed by atoms with E-state index in [0.29, 0.717) is 12.1 Å². The van der Waals surface area contributed by atoms with Crippen LogP contribution in [0.4, 0.5) is 0 Å². The van der Waals surface area contributed by atoms with Gasteiger partial charge in [-0.1, -0.05) is 45.4 Å². The van der Waals surface area contributed by atoms with Crippen LogP contribution in [0.25, 0.3) is 0 Å². The minimum atomic E-state index is -1.28. The molecule has 0 fully saturated rings. The molecule has 6 nitrogen and oxygen atoms in total. The van der Waals surface area contributed by atoms with Gasteiger partial charge in [-0.2, -0.15) is 0 Å². The molecule has 0 aliphatic heterocycles. The van der Waals surface area contributed by atoms with Crippen LogP contribution in [-0.2, 0) is 16.0 Å². The Morgan fingerprint density at radius 3 is 2.43 bits per heavy atom. The van der Waals surface area contributed by atoms with Gasteiger partial charge in [-0.05, 0) is 6.42 Å². The third-order valence-electron chi connectivity index (χ3n) is 3.61. The normalized spacial score (nSPS) is 11.5. The maximum Gasteiger partial charge on any atom is 1.00 e. The summed E-state index contributed by atoms with van der Waals surface area (Å²) in [6, 6.07) is -1.02. The maximum atomic E-state index is 11.8. The monoisotopic (exact) mass is 331 g/mol. The van der Waals surface area contributed by atoms with Crippen molar-refractivity contribution in [3.63, 3.8) is 0 Å². The molecule has 1 amide bonds. The van der Waals surface area contributed by atoms with Crippen LogP contribution in [0, 0.1) is 0 Å². The van der Waals surface area contributed by atoms with Gasteiger partial charge in [0, 0.05) is 24.7 Å². The Hall–Kier alpha value is -0.850. The first-order valence-corrected chi connectivity index (χ1v) is 8.11. The van der Waals surface area contributed by atoms with Crippen LogP contribution in [0.3, 0.4) is 0 Å². The van der Waals surface area contributed by atoms with E-state index in [2.05, 4.69) is 22.2 Å². The number of carbonyl (C=O) groups excluding carboxylic acids is 2. The van der Waals surface area contributed by atoms with Crippen LogP contribution < -0.4 is 40.0 Å². The molecule has 1 heterocycles. The van der Waals surface area contributed by atoms with E-state index in [-0.39, 0.29) is 41.9 Å². The number of hydrogen-bond acceptors (Lipinski definition) is 4. The average molecular weight is 331 g/mol. The number of H-pyrrole nitrogens is 1. The number of imidazole rings is 1. The van der Waals surface area contributed by atoms with Gasteiger partial charge in [0.05, 0.1) is 18.3 Å². The molecule has 0 aliphatic rings. The molecule has 0 aliphatic carbocycles. The van der Waals surface area contributed by atoms with Gasteiger partial charge in [0.2, 0.25) is 5.91 Å². The Morgan fingerprint density at radius 2 is 1.87 bits per heavy atom. The summed E-state index contributed by atoms with van der Waals surface area (Å²) >= 11 is 0. The zero-order chi connectivity index (χ0) is 16.2. The van der Waals surface area contributed by atoms with Crippen LogP contribution in [0.2, 0.25) is 0 Å². The van der Waals surface area contributed by atoms with E-state index in [1.165, 1.54) is 32.0 Å². The number of carbonyl (C=O) groups is 2. The number of amides is 1. The Labute approximate surface area is 160 Å². The maximum absolute atomic E-state index is 11.8. The fraction of sp³-hybridized carbons (Fsp3) is 0.688. The minimum absolute atomic E-state index is 0. The number of aromatic amines is 1. The van der Waals surface area contributed by atoms with Gasteiger partial charge in [0.25, 0.3) is 0 Å². The molecule has 0 spiro atoms. The standard InChI is InChI=1S/C16H27N3O3.Na/c1-2-3-4-5-6-7-8-9-15(20)19-14(16(21)22)10-13-11-17-12-18-13;/h11-12,14H,2-10H2,1H3,(H,17,18)(H,19,20)(H,21,22);/q;+1/p-1/t14-;/m0./s1. The SMILES string of the molecule is CCCCCCCCCC(=O)N[C@@H](Cc1cnc[nH]1)C(=O)[O-].[Na+]. The summed E-state index contributed by atoms with van der Waals surface area (Å²) in [5.41, 5.74) is 0.658. The van der Waals surface area contributed by atoms with Crippen molar-refractivity contribution in [3.05, 3.63) is 18.2 Å². The van der Waals surface area contributed by atoms with Crippen molar-refractivity contribution < 1.29 is 44.3 Å². The first-order valence-electron chi connectivity index (χ1n) is 8.11. The Morgan fingerprint density at radius 1 is 1.22 bits per heavy atom. The summed E-state index contributed by atoms with van der Waals surface area (Å²) in [5.74, 6) is -1.51. The van der Waals surface area contributed by atoms with Gasteiger partial charge in [-0.3, -0.25) is 4.79 Å². The van der Waals surface area contributed by atoms with E-state index in [1.807, 2.05) is 0 Å². The van der Waals surface area contributed by atoms with Crippen LogP contribution in [0.15, 0.2) is 12.5 Å². The summed E-state index contributed by atoms with van der Waals surface area (Å²) < 4.78 is 0. The predicted molar refractivity (Wildman–Crippen MR) is 81.8 cm³/mol. The first kappa shape index (κ1) is 22.1. The van der Waals surface area contributed by atoms with E-state index in [1.54, 1.807) is 6.20 Å². The van der Waals surface area contributed by atoms with Crippen LogP contribution in [0.5, 0.6) is 0 Å². The smallest absolute Gasteiger partial charge is 0.548 e. The molecule has 1 atom stereocenters. The molecule has 7 heteroatoms. The van der Waals surface area contributed by atoms with Crippen molar-refractivity contribution >= 4 is 11.9 Å². The predicted octanol–water partition coefficient (Wildman–Crippen LogP) is -1.67. The summed E-state index contributed by atoms with van der Waals surface area (Å²) in [6.07, 6.45) is 11.4. The molecule has 0 radical (unpaired) electrons. The molecule has 1 aromatic rings. The number of carboxylic acid groups (broad SMARTS) is 1. The van der Waals surface area contributed by atoms with Crippen LogP contribution in [0.1, 0.15) is 64.0 Å². The van der Waals surface area contributed by atoms with E-state index < -0.39 is 12.0 Å². The van der Waals surface area contributed by atoms with Crippen LogP contribution >= 0.6 is 0 Å². The number of rotatable bonds is 12. The second kappa shape index (κ2) is 13.6. The topological polar surface area (TPSA) is 97.9 Å². The van der Waals surface area contributed by atoms with Crippen molar-refractivity contribution in [3.8, 4) is 0 Å². The summed E-state index contributed by atoms with van der Waals surface area (Å²) in [6.45, 7) is 2.18. The zero-order valence-corrected chi connectivity index (χ0v) is 16.3.